The molecule has 1 amide bonds. The van der Waals surface area contributed by atoms with Crippen molar-refractivity contribution in [2.24, 2.45) is 0 Å². The first-order valence-corrected chi connectivity index (χ1v) is 5.77. The summed E-state index contributed by atoms with van der Waals surface area (Å²) in [5.41, 5.74) is 7.28. The lowest BCUT2D eigenvalue weighted by Crippen LogP contribution is -2.13. The summed E-state index contributed by atoms with van der Waals surface area (Å²) in [6.07, 6.45) is 0. The first-order valence-electron chi connectivity index (χ1n) is 5.77. The number of hydrogen-bond acceptors (Lipinski definition) is 5. The van der Waals surface area contributed by atoms with Gasteiger partial charge in [-0.1, -0.05) is 0 Å². The first kappa shape index (κ1) is 13.5. The van der Waals surface area contributed by atoms with Crippen LogP contribution in [0.15, 0.2) is 18.2 Å². The third-order valence-corrected chi connectivity index (χ3v) is 2.86. The van der Waals surface area contributed by atoms with Crippen molar-refractivity contribution in [3.8, 4) is 0 Å². The van der Waals surface area contributed by atoms with Gasteiger partial charge in [-0.3, -0.25) is 20.0 Å². The standard InChI is InChI=1S/C12H13N5O3/c1-6-11(7(2)16-15-6)14-12(18)8-3-4-9(13)10(5-8)17(19)20/h3-5H,13H2,1-2H3,(H,14,18)(H,15,16). The van der Waals surface area contributed by atoms with Crippen molar-refractivity contribution in [1.82, 2.24) is 10.2 Å². The van der Waals surface area contributed by atoms with E-state index in [4.69, 9.17) is 5.73 Å². The van der Waals surface area contributed by atoms with Crippen molar-refractivity contribution in [3.05, 3.63) is 45.3 Å². The molecule has 0 radical (unpaired) electrons. The van der Waals surface area contributed by atoms with Crippen molar-refractivity contribution in [2.75, 3.05) is 11.1 Å². The molecule has 8 nitrogen and oxygen atoms in total. The monoisotopic (exact) mass is 275 g/mol. The van der Waals surface area contributed by atoms with Gasteiger partial charge in [-0.15, -0.1) is 0 Å². The number of rotatable bonds is 3. The normalized spacial score (nSPS) is 10.3. The Morgan fingerprint density at radius 3 is 2.70 bits per heavy atom. The van der Waals surface area contributed by atoms with Crippen LogP contribution in [0, 0.1) is 24.0 Å². The SMILES string of the molecule is Cc1n[nH]c(C)c1NC(=O)c1ccc(N)c([N+](=O)[O-])c1. The zero-order valence-electron chi connectivity index (χ0n) is 10.9. The summed E-state index contributed by atoms with van der Waals surface area (Å²) in [7, 11) is 0. The lowest BCUT2D eigenvalue weighted by atomic mass is 10.1. The number of hydrogen-bond donors (Lipinski definition) is 3. The average molecular weight is 275 g/mol. The molecule has 0 bridgehead atoms. The van der Waals surface area contributed by atoms with E-state index in [1.54, 1.807) is 13.8 Å². The number of benzene rings is 1. The zero-order valence-corrected chi connectivity index (χ0v) is 10.9. The summed E-state index contributed by atoms with van der Waals surface area (Å²) >= 11 is 0. The second-order valence-corrected chi connectivity index (χ2v) is 4.29. The highest BCUT2D eigenvalue weighted by atomic mass is 16.6. The fraction of sp³-hybridized carbons (Fsp3) is 0.167. The molecule has 1 aromatic carbocycles. The number of nitrogen functional groups attached to an aromatic ring is 1. The fourth-order valence-electron chi connectivity index (χ4n) is 1.76. The molecule has 2 rings (SSSR count). The number of aromatic nitrogens is 2. The molecule has 0 aliphatic heterocycles. The molecule has 0 unspecified atom stereocenters. The highest BCUT2D eigenvalue weighted by Crippen LogP contribution is 2.23. The predicted molar refractivity (Wildman–Crippen MR) is 73.5 cm³/mol. The van der Waals surface area contributed by atoms with E-state index in [0.29, 0.717) is 17.1 Å². The Balaban J connectivity index is 2.30. The highest BCUT2D eigenvalue weighted by molar-refractivity contribution is 6.05. The number of aromatic amines is 1. The molecule has 0 aliphatic rings. The van der Waals surface area contributed by atoms with Crippen molar-refractivity contribution >= 4 is 23.0 Å². The molecular formula is C12H13N5O3. The van der Waals surface area contributed by atoms with Gasteiger partial charge in [0.25, 0.3) is 11.6 Å². The zero-order chi connectivity index (χ0) is 14.9. The first-order chi connectivity index (χ1) is 9.40. The van der Waals surface area contributed by atoms with Gasteiger partial charge in [0.1, 0.15) is 5.69 Å². The lowest BCUT2D eigenvalue weighted by Gasteiger charge is -2.06. The highest BCUT2D eigenvalue weighted by Gasteiger charge is 2.17. The van der Waals surface area contributed by atoms with Crippen molar-refractivity contribution in [1.29, 1.82) is 0 Å². The Bertz CT molecular complexity index is 673. The number of carbonyl (C=O) groups is 1. The van der Waals surface area contributed by atoms with Gasteiger partial charge in [0.2, 0.25) is 0 Å². The van der Waals surface area contributed by atoms with E-state index in [1.165, 1.54) is 12.1 Å². The van der Waals surface area contributed by atoms with Gasteiger partial charge in [0.05, 0.1) is 22.0 Å². The van der Waals surface area contributed by atoms with Crippen LogP contribution in [-0.2, 0) is 0 Å². The number of nitrogens with one attached hydrogen (secondary N) is 2. The van der Waals surface area contributed by atoms with E-state index in [9.17, 15) is 14.9 Å². The Labute approximate surface area is 114 Å². The van der Waals surface area contributed by atoms with Crippen molar-refractivity contribution in [2.45, 2.75) is 13.8 Å². The second-order valence-electron chi connectivity index (χ2n) is 4.29. The molecule has 0 aliphatic carbocycles. The van der Waals surface area contributed by atoms with Gasteiger partial charge in [-0.2, -0.15) is 5.10 Å². The van der Waals surface area contributed by atoms with E-state index in [0.717, 1.165) is 6.07 Å². The van der Waals surface area contributed by atoms with Crippen LogP contribution in [0.3, 0.4) is 0 Å². The fourth-order valence-corrected chi connectivity index (χ4v) is 1.76. The minimum Gasteiger partial charge on any atom is -0.393 e. The van der Waals surface area contributed by atoms with Crippen LogP contribution in [0.2, 0.25) is 0 Å². The molecule has 0 saturated heterocycles. The van der Waals surface area contributed by atoms with Crippen LogP contribution < -0.4 is 11.1 Å². The summed E-state index contributed by atoms with van der Waals surface area (Å²) in [5, 5.41) is 20.2. The number of amides is 1. The minimum atomic E-state index is -0.625. The number of nitrogens with zero attached hydrogens (tertiary/aromatic N) is 2. The van der Waals surface area contributed by atoms with Gasteiger partial charge in [-0.05, 0) is 26.0 Å². The second kappa shape index (κ2) is 5.00. The Hall–Kier alpha value is -2.90. The summed E-state index contributed by atoms with van der Waals surface area (Å²) in [6, 6.07) is 3.92. The van der Waals surface area contributed by atoms with Crippen LogP contribution in [0.1, 0.15) is 21.7 Å². The van der Waals surface area contributed by atoms with Crippen molar-refractivity contribution in [3.63, 3.8) is 0 Å². The van der Waals surface area contributed by atoms with Gasteiger partial charge in [-0.25, -0.2) is 0 Å². The molecule has 0 atom stereocenters. The molecule has 20 heavy (non-hydrogen) atoms. The van der Waals surface area contributed by atoms with E-state index in [1.807, 2.05) is 0 Å². The number of nitro benzene ring substituents is 1. The third-order valence-electron chi connectivity index (χ3n) is 2.86. The van der Waals surface area contributed by atoms with Crippen LogP contribution in [0.25, 0.3) is 0 Å². The molecule has 0 spiro atoms. The third kappa shape index (κ3) is 2.44. The topological polar surface area (TPSA) is 127 Å². The molecule has 104 valence electrons. The Morgan fingerprint density at radius 2 is 2.15 bits per heavy atom. The average Bonchev–Trinajstić information content (AvgIpc) is 2.70. The number of carbonyl (C=O) groups excluding carboxylic acids is 1. The number of anilines is 2. The predicted octanol–water partition coefficient (Wildman–Crippen LogP) is 1.77. The summed E-state index contributed by atoms with van der Waals surface area (Å²) in [4.78, 5) is 22.3. The maximum Gasteiger partial charge on any atom is 0.292 e. The summed E-state index contributed by atoms with van der Waals surface area (Å²) < 4.78 is 0. The summed E-state index contributed by atoms with van der Waals surface area (Å²) in [5.74, 6) is -0.458. The quantitative estimate of drug-likeness (QED) is 0.447. The van der Waals surface area contributed by atoms with Gasteiger partial charge in [0.15, 0.2) is 0 Å². The van der Waals surface area contributed by atoms with Crippen LogP contribution >= 0.6 is 0 Å². The molecule has 0 fully saturated rings. The number of aryl methyl sites for hydroxylation is 2. The van der Waals surface area contributed by atoms with E-state index in [2.05, 4.69) is 15.5 Å². The van der Waals surface area contributed by atoms with E-state index in [-0.39, 0.29) is 16.9 Å². The maximum absolute atomic E-state index is 12.1. The summed E-state index contributed by atoms with van der Waals surface area (Å²) in [6.45, 7) is 3.51. The molecule has 0 saturated carbocycles. The van der Waals surface area contributed by atoms with Gasteiger partial charge >= 0.3 is 0 Å². The van der Waals surface area contributed by atoms with Crippen LogP contribution in [0.5, 0.6) is 0 Å². The van der Waals surface area contributed by atoms with Gasteiger partial charge in [0, 0.05) is 11.6 Å². The molecule has 4 N–H and O–H groups in total. The lowest BCUT2D eigenvalue weighted by molar-refractivity contribution is -0.383. The van der Waals surface area contributed by atoms with Crippen LogP contribution in [-0.4, -0.2) is 21.0 Å². The maximum atomic E-state index is 12.1. The molecule has 2 aromatic rings. The van der Waals surface area contributed by atoms with Crippen molar-refractivity contribution < 1.29 is 9.72 Å². The molecule has 8 heteroatoms. The smallest absolute Gasteiger partial charge is 0.292 e. The van der Waals surface area contributed by atoms with E-state index >= 15 is 0 Å². The number of H-pyrrole nitrogens is 1. The molecular weight excluding hydrogens is 262 g/mol. The largest absolute Gasteiger partial charge is 0.393 e. The minimum absolute atomic E-state index is 0.0159. The van der Waals surface area contributed by atoms with E-state index < -0.39 is 10.8 Å². The van der Waals surface area contributed by atoms with Gasteiger partial charge < -0.3 is 11.1 Å². The number of nitrogens with two attached hydrogens (primary N) is 1. The Kier molecular flexibility index (Phi) is 3.38. The number of nitro groups is 1. The molecule has 1 heterocycles. The van der Waals surface area contributed by atoms with Crippen LogP contribution in [0.4, 0.5) is 17.1 Å². The molecule has 1 aromatic heterocycles. The Morgan fingerprint density at radius 1 is 1.45 bits per heavy atom.